The average molecular weight is 434 g/mol. The Balaban J connectivity index is 1.55. The predicted molar refractivity (Wildman–Crippen MR) is 132 cm³/mol. The number of hydrogen-bond donors (Lipinski definition) is 4. The normalized spacial score (nSPS) is 22.5. The standard InChI is InChI=1S/C26H35N5O/c1-17-7-10-23-19(15-17)16-21(22(28)9-8-18(2)27)26(30-23)31-13-11-20(12-14-31)29-24-5-3-4-6-25(24)32/h7-10,15-16,20,24-25,27-29,32H,3-6,11-14H2,1-2H3/b9-8-,27-18?,28-22?. The van der Waals surface area contributed by atoms with Crippen LogP contribution in [0.25, 0.3) is 10.9 Å². The van der Waals surface area contributed by atoms with Gasteiger partial charge < -0.3 is 26.1 Å². The Bertz CT molecular complexity index is 1020. The number of fused-ring (bicyclic) bond motifs is 1. The number of pyridine rings is 1. The smallest absolute Gasteiger partial charge is 0.138 e. The third-order valence-corrected chi connectivity index (χ3v) is 6.71. The molecular weight excluding hydrogens is 398 g/mol. The summed E-state index contributed by atoms with van der Waals surface area (Å²) in [6.45, 7) is 5.53. The van der Waals surface area contributed by atoms with Crippen molar-refractivity contribution >= 4 is 28.1 Å². The van der Waals surface area contributed by atoms with E-state index in [0.717, 1.165) is 67.5 Å². The number of piperidine rings is 1. The fraction of sp³-hybridized carbons (Fsp3) is 0.500. The van der Waals surface area contributed by atoms with E-state index in [1.54, 1.807) is 19.1 Å². The van der Waals surface area contributed by atoms with Gasteiger partial charge in [-0.3, -0.25) is 0 Å². The molecule has 2 atom stereocenters. The fourth-order valence-electron chi connectivity index (χ4n) is 4.89. The molecule has 4 N–H and O–H groups in total. The number of anilines is 1. The zero-order valence-corrected chi connectivity index (χ0v) is 19.2. The van der Waals surface area contributed by atoms with E-state index < -0.39 is 0 Å². The molecule has 1 aliphatic carbocycles. The number of allylic oxidation sites excluding steroid dienone is 2. The van der Waals surface area contributed by atoms with Crippen LogP contribution in [0.15, 0.2) is 36.4 Å². The van der Waals surface area contributed by atoms with Crippen molar-refractivity contribution in [1.82, 2.24) is 10.3 Å². The van der Waals surface area contributed by atoms with Gasteiger partial charge in [0.25, 0.3) is 0 Å². The third-order valence-electron chi connectivity index (χ3n) is 6.71. The molecule has 1 aromatic heterocycles. The van der Waals surface area contributed by atoms with Crippen molar-refractivity contribution in [2.24, 2.45) is 0 Å². The van der Waals surface area contributed by atoms with Crippen molar-refractivity contribution in [3.05, 3.63) is 47.5 Å². The Labute approximate surface area is 190 Å². The molecule has 4 rings (SSSR count). The fourth-order valence-corrected chi connectivity index (χ4v) is 4.89. The van der Waals surface area contributed by atoms with Crippen LogP contribution in [-0.4, -0.2) is 52.8 Å². The second-order valence-corrected chi connectivity index (χ2v) is 9.37. The van der Waals surface area contributed by atoms with Gasteiger partial charge in [0.15, 0.2) is 0 Å². The molecule has 0 bridgehead atoms. The Morgan fingerprint density at radius 1 is 1.09 bits per heavy atom. The molecule has 170 valence electrons. The molecular formula is C26H35N5O. The maximum Gasteiger partial charge on any atom is 0.138 e. The van der Waals surface area contributed by atoms with Gasteiger partial charge in [0, 0.05) is 41.8 Å². The van der Waals surface area contributed by atoms with E-state index in [9.17, 15) is 5.11 Å². The highest BCUT2D eigenvalue weighted by atomic mass is 16.3. The minimum Gasteiger partial charge on any atom is -0.392 e. The first-order valence-corrected chi connectivity index (χ1v) is 11.8. The first kappa shape index (κ1) is 22.6. The maximum atomic E-state index is 10.3. The number of rotatable bonds is 6. The SMILES string of the molecule is CC(=N)/C=C\C(=N)c1cc2cc(C)ccc2nc1N1CCC(NC2CCCCC2O)CC1. The van der Waals surface area contributed by atoms with Crippen LogP contribution >= 0.6 is 0 Å². The number of nitrogens with zero attached hydrogens (tertiary/aromatic N) is 2. The Kier molecular flexibility index (Phi) is 7.01. The molecule has 2 aromatic rings. The van der Waals surface area contributed by atoms with Gasteiger partial charge in [-0.2, -0.15) is 0 Å². The number of hydrogen-bond acceptors (Lipinski definition) is 6. The first-order valence-electron chi connectivity index (χ1n) is 11.8. The van der Waals surface area contributed by atoms with Crippen molar-refractivity contribution in [3.8, 4) is 0 Å². The lowest BCUT2D eigenvalue weighted by Gasteiger charge is -2.38. The molecule has 2 aliphatic rings. The van der Waals surface area contributed by atoms with Crippen LogP contribution in [0.3, 0.4) is 0 Å². The molecule has 1 aromatic carbocycles. The molecule has 2 fully saturated rings. The average Bonchev–Trinajstić information content (AvgIpc) is 2.78. The molecule has 6 heteroatoms. The van der Waals surface area contributed by atoms with E-state index in [0.29, 0.717) is 17.5 Å². The number of aryl methyl sites for hydroxylation is 1. The summed E-state index contributed by atoms with van der Waals surface area (Å²) in [6, 6.07) is 8.95. The van der Waals surface area contributed by atoms with E-state index in [4.69, 9.17) is 15.8 Å². The van der Waals surface area contributed by atoms with Crippen molar-refractivity contribution in [2.45, 2.75) is 70.6 Å². The van der Waals surface area contributed by atoms with Crippen LogP contribution in [0, 0.1) is 17.7 Å². The largest absolute Gasteiger partial charge is 0.392 e. The summed E-state index contributed by atoms with van der Waals surface area (Å²) >= 11 is 0. The lowest BCUT2D eigenvalue weighted by Crippen LogP contribution is -2.51. The molecule has 1 saturated heterocycles. The van der Waals surface area contributed by atoms with Crippen LogP contribution in [0.2, 0.25) is 0 Å². The van der Waals surface area contributed by atoms with Gasteiger partial charge in [0.05, 0.1) is 17.3 Å². The second kappa shape index (κ2) is 9.92. The Hall–Kier alpha value is -2.57. The minimum absolute atomic E-state index is 0.219. The quantitative estimate of drug-likeness (QED) is 0.509. The topological polar surface area (TPSA) is 96.1 Å². The molecule has 2 heterocycles. The third kappa shape index (κ3) is 5.25. The highest BCUT2D eigenvalue weighted by Crippen LogP contribution is 2.28. The first-order chi connectivity index (χ1) is 15.4. The highest BCUT2D eigenvalue weighted by molar-refractivity contribution is 6.13. The molecule has 0 spiro atoms. The Morgan fingerprint density at radius 3 is 2.56 bits per heavy atom. The van der Waals surface area contributed by atoms with Gasteiger partial charge >= 0.3 is 0 Å². The van der Waals surface area contributed by atoms with Gasteiger partial charge in [0.2, 0.25) is 0 Å². The van der Waals surface area contributed by atoms with Gasteiger partial charge in [0.1, 0.15) is 5.82 Å². The van der Waals surface area contributed by atoms with Gasteiger partial charge in [-0.05, 0) is 69.9 Å². The molecule has 32 heavy (non-hydrogen) atoms. The van der Waals surface area contributed by atoms with Crippen molar-refractivity contribution in [1.29, 1.82) is 10.8 Å². The van der Waals surface area contributed by atoms with Crippen LogP contribution in [-0.2, 0) is 0 Å². The maximum absolute atomic E-state index is 10.3. The zero-order valence-electron chi connectivity index (χ0n) is 19.2. The van der Waals surface area contributed by atoms with Crippen molar-refractivity contribution in [3.63, 3.8) is 0 Å². The van der Waals surface area contributed by atoms with Crippen LogP contribution in [0.5, 0.6) is 0 Å². The van der Waals surface area contributed by atoms with Gasteiger partial charge in [-0.25, -0.2) is 4.98 Å². The number of benzene rings is 1. The molecule has 1 aliphatic heterocycles. The Morgan fingerprint density at radius 2 is 1.84 bits per heavy atom. The molecule has 6 nitrogen and oxygen atoms in total. The number of aliphatic hydroxyl groups excluding tert-OH is 1. The van der Waals surface area contributed by atoms with Crippen molar-refractivity contribution < 1.29 is 5.11 Å². The molecule has 2 unspecified atom stereocenters. The number of aliphatic hydroxyl groups is 1. The number of nitrogens with one attached hydrogen (secondary N) is 3. The predicted octanol–water partition coefficient (Wildman–Crippen LogP) is 4.37. The van der Waals surface area contributed by atoms with Gasteiger partial charge in [-0.1, -0.05) is 24.5 Å². The summed E-state index contributed by atoms with van der Waals surface area (Å²) in [4.78, 5) is 7.27. The van der Waals surface area contributed by atoms with E-state index in [-0.39, 0.29) is 12.1 Å². The summed E-state index contributed by atoms with van der Waals surface area (Å²) in [6.07, 6.45) is 9.44. The zero-order chi connectivity index (χ0) is 22.7. The summed E-state index contributed by atoms with van der Waals surface area (Å²) in [7, 11) is 0. The summed E-state index contributed by atoms with van der Waals surface area (Å²) in [5.41, 5.74) is 3.74. The molecule has 0 radical (unpaired) electrons. The van der Waals surface area contributed by atoms with E-state index >= 15 is 0 Å². The molecule has 0 amide bonds. The van der Waals surface area contributed by atoms with E-state index in [2.05, 4.69) is 41.4 Å². The highest BCUT2D eigenvalue weighted by Gasteiger charge is 2.28. The van der Waals surface area contributed by atoms with Gasteiger partial charge in [-0.15, -0.1) is 0 Å². The minimum atomic E-state index is -0.219. The summed E-state index contributed by atoms with van der Waals surface area (Å²) in [5, 5.41) is 31.4. The second-order valence-electron chi connectivity index (χ2n) is 9.37. The summed E-state index contributed by atoms with van der Waals surface area (Å²) in [5.74, 6) is 0.856. The lowest BCUT2D eigenvalue weighted by atomic mass is 9.91. The number of aromatic nitrogens is 1. The molecule has 1 saturated carbocycles. The van der Waals surface area contributed by atoms with Crippen LogP contribution in [0.4, 0.5) is 5.82 Å². The van der Waals surface area contributed by atoms with E-state index in [1.807, 2.05) is 0 Å². The van der Waals surface area contributed by atoms with E-state index in [1.165, 1.54) is 12.0 Å². The monoisotopic (exact) mass is 433 g/mol. The lowest BCUT2D eigenvalue weighted by molar-refractivity contribution is 0.0828. The summed E-state index contributed by atoms with van der Waals surface area (Å²) < 4.78 is 0. The van der Waals surface area contributed by atoms with Crippen molar-refractivity contribution in [2.75, 3.05) is 18.0 Å². The van der Waals surface area contributed by atoms with Crippen LogP contribution in [0.1, 0.15) is 56.6 Å². The van der Waals surface area contributed by atoms with Crippen LogP contribution < -0.4 is 10.2 Å².